The summed E-state index contributed by atoms with van der Waals surface area (Å²) >= 11 is 1.39. The number of carbonyl (C=O) groups is 2. The quantitative estimate of drug-likeness (QED) is 0.783. The summed E-state index contributed by atoms with van der Waals surface area (Å²) in [7, 11) is 1.89. The lowest BCUT2D eigenvalue weighted by Gasteiger charge is -2.32. The van der Waals surface area contributed by atoms with E-state index in [0.29, 0.717) is 18.0 Å². The second-order valence-corrected chi connectivity index (χ2v) is 7.51. The van der Waals surface area contributed by atoms with Crippen LogP contribution in [0.4, 0.5) is 4.79 Å². The van der Waals surface area contributed by atoms with Crippen LogP contribution in [-0.2, 0) is 11.8 Å². The number of aryl methyl sites for hydroxylation is 1. The molecule has 0 bridgehead atoms. The van der Waals surface area contributed by atoms with Crippen LogP contribution in [0.25, 0.3) is 0 Å². The average Bonchev–Trinajstić information content (AvgIpc) is 2.78. The number of hydrogen-bond acceptors (Lipinski definition) is 5. The van der Waals surface area contributed by atoms with Crippen molar-refractivity contribution in [2.75, 3.05) is 13.1 Å². The Labute approximate surface area is 134 Å². The fourth-order valence-corrected chi connectivity index (χ4v) is 3.15. The zero-order chi connectivity index (χ0) is 16.3. The van der Waals surface area contributed by atoms with Gasteiger partial charge in [-0.05, 0) is 33.6 Å². The van der Waals surface area contributed by atoms with Gasteiger partial charge in [0.25, 0.3) is 0 Å². The summed E-state index contributed by atoms with van der Waals surface area (Å²) < 4.78 is 7.25. The summed E-state index contributed by atoms with van der Waals surface area (Å²) in [5.74, 6) is 0. The first-order valence-electron chi connectivity index (χ1n) is 7.42. The van der Waals surface area contributed by atoms with Crippen LogP contribution in [0.1, 0.15) is 43.3 Å². The second-order valence-electron chi connectivity index (χ2n) is 6.47. The summed E-state index contributed by atoms with van der Waals surface area (Å²) in [5.41, 5.74) is -0.464. The summed E-state index contributed by atoms with van der Waals surface area (Å²) in [6.45, 7) is 6.91. The molecule has 1 saturated heterocycles. The summed E-state index contributed by atoms with van der Waals surface area (Å²) in [5, 5.41) is 0. The molecule has 122 valence electrons. The molecule has 0 unspecified atom stereocenters. The fourth-order valence-electron chi connectivity index (χ4n) is 2.28. The van der Waals surface area contributed by atoms with Gasteiger partial charge in [0.1, 0.15) is 5.60 Å². The maximum atomic E-state index is 12.0. The predicted octanol–water partition coefficient (Wildman–Crippen LogP) is 2.20. The highest BCUT2D eigenvalue weighted by Gasteiger charge is 2.26. The summed E-state index contributed by atoms with van der Waals surface area (Å²) in [6, 6.07) is 0.183. The maximum Gasteiger partial charge on any atom is 0.410 e. The van der Waals surface area contributed by atoms with Crippen LogP contribution in [0.2, 0.25) is 0 Å². The third kappa shape index (κ3) is 4.43. The molecule has 2 heterocycles. The fraction of sp³-hybridized carbons (Fsp3) is 0.667. The standard InChI is InChI=1S/C15H23N3O3S/c1-15(2,3)21-14(20)18-7-5-11(6-8-18)16-13-17(4)9-12(10-19)22-13/h9-11H,5-8H2,1-4H3. The van der Waals surface area contributed by atoms with Crippen LogP contribution in [0.5, 0.6) is 0 Å². The van der Waals surface area contributed by atoms with Crippen LogP contribution in [0.3, 0.4) is 0 Å². The number of hydrogen-bond donors (Lipinski definition) is 0. The van der Waals surface area contributed by atoms with Crippen molar-refractivity contribution in [3.63, 3.8) is 0 Å². The van der Waals surface area contributed by atoms with Crippen molar-refractivity contribution in [3.8, 4) is 0 Å². The highest BCUT2D eigenvalue weighted by molar-refractivity contribution is 7.10. The molecule has 1 aliphatic rings. The smallest absolute Gasteiger partial charge is 0.410 e. The van der Waals surface area contributed by atoms with Crippen LogP contribution >= 0.6 is 11.3 Å². The van der Waals surface area contributed by atoms with Crippen molar-refractivity contribution in [2.24, 2.45) is 12.0 Å². The molecule has 0 spiro atoms. The number of nitrogens with zero attached hydrogens (tertiary/aromatic N) is 3. The Kier molecular flexibility index (Phi) is 5.05. The average molecular weight is 325 g/mol. The number of likely N-dealkylation sites (tertiary alicyclic amines) is 1. The van der Waals surface area contributed by atoms with E-state index in [4.69, 9.17) is 9.73 Å². The monoisotopic (exact) mass is 325 g/mol. The Balaban J connectivity index is 1.96. The van der Waals surface area contributed by atoms with E-state index in [1.807, 2.05) is 32.4 Å². The van der Waals surface area contributed by atoms with E-state index in [-0.39, 0.29) is 12.1 Å². The van der Waals surface area contributed by atoms with E-state index in [1.165, 1.54) is 11.3 Å². The molecule has 0 aliphatic carbocycles. The van der Waals surface area contributed by atoms with Crippen molar-refractivity contribution in [2.45, 2.75) is 45.3 Å². The van der Waals surface area contributed by atoms with E-state index >= 15 is 0 Å². The molecule has 2 rings (SSSR count). The van der Waals surface area contributed by atoms with E-state index < -0.39 is 5.60 Å². The predicted molar refractivity (Wildman–Crippen MR) is 85.1 cm³/mol. The Morgan fingerprint density at radius 1 is 1.41 bits per heavy atom. The molecule has 22 heavy (non-hydrogen) atoms. The van der Waals surface area contributed by atoms with Gasteiger partial charge in [0.2, 0.25) is 0 Å². The molecule has 1 aromatic rings. The van der Waals surface area contributed by atoms with E-state index in [1.54, 1.807) is 11.1 Å². The topological polar surface area (TPSA) is 63.9 Å². The molecule has 1 amide bonds. The van der Waals surface area contributed by atoms with Gasteiger partial charge in [0.05, 0.1) is 10.9 Å². The van der Waals surface area contributed by atoms with Crippen LogP contribution in [-0.4, -0.2) is 46.6 Å². The number of aromatic nitrogens is 1. The van der Waals surface area contributed by atoms with Gasteiger partial charge in [-0.25, -0.2) is 4.79 Å². The lowest BCUT2D eigenvalue weighted by molar-refractivity contribution is 0.0206. The lowest BCUT2D eigenvalue weighted by atomic mass is 10.1. The molecule has 6 nitrogen and oxygen atoms in total. The van der Waals surface area contributed by atoms with Gasteiger partial charge in [0, 0.05) is 26.3 Å². The maximum absolute atomic E-state index is 12.0. The Morgan fingerprint density at radius 2 is 2.05 bits per heavy atom. The number of piperidine rings is 1. The van der Waals surface area contributed by atoms with Gasteiger partial charge in [-0.2, -0.15) is 0 Å². The zero-order valence-electron chi connectivity index (χ0n) is 13.5. The number of aldehydes is 1. The van der Waals surface area contributed by atoms with Crippen LogP contribution < -0.4 is 4.80 Å². The largest absolute Gasteiger partial charge is 0.444 e. The highest BCUT2D eigenvalue weighted by Crippen LogP contribution is 2.17. The van der Waals surface area contributed by atoms with E-state index in [0.717, 1.165) is 23.9 Å². The molecule has 0 saturated carbocycles. The second kappa shape index (κ2) is 6.64. The van der Waals surface area contributed by atoms with Crippen molar-refractivity contribution in [1.29, 1.82) is 0 Å². The van der Waals surface area contributed by atoms with Crippen molar-refractivity contribution in [1.82, 2.24) is 9.47 Å². The molecule has 1 aromatic heterocycles. The third-order valence-electron chi connectivity index (χ3n) is 3.36. The summed E-state index contributed by atoms with van der Waals surface area (Å²) in [4.78, 5) is 30.8. The minimum Gasteiger partial charge on any atom is -0.444 e. The number of ether oxygens (including phenoxy) is 1. The van der Waals surface area contributed by atoms with Gasteiger partial charge >= 0.3 is 6.09 Å². The first-order valence-corrected chi connectivity index (χ1v) is 8.23. The van der Waals surface area contributed by atoms with Crippen molar-refractivity contribution in [3.05, 3.63) is 15.9 Å². The Morgan fingerprint density at radius 3 is 2.55 bits per heavy atom. The van der Waals surface area contributed by atoms with Crippen molar-refractivity contribution >= 4 is 23.7 Å². The van der Waals surface area contributed by atoms with Crippen molar-refractivity contribution < 1.29 is 14.3 Å². The molecule has 7 heteroatoms. The Hall–Kier alpha value is -1.63. The normalized spacial score (nSPS) is 17.6. The number of amides is 1. The molecule has 1 fully saturated rings. The number of rotatable bonds is 2. The molecule has 0 radical (unpaired) electrons. The van der Waals surface area contributed by atoms with Crippen LogP contribution in [0, 0.1) is 0 Å². The number of thiazole rings is 1. The van der Waals surface area contributed by atoms with Gasteiger partial charge < -0.3 is 14.2 Å². The molecular formula is C15H23N3O3S. The Bertz CT molecular complexity index is 604. The van der Waals surface area contributed by atoms with E-state index in [2.05, 4.69) is 0 Å². The van der Waals surface area contributed by atoms with Gasteiger partial charge in [0.15, 0.2) is 11.1 Å². The van der Waals surface area contributed by atoms with Gasteiger partial charge in [-0.1, -0.05) is 11.3 Å². The van der Waals surface area contributed by atoms with Crippen LogP contribution in [0.15, 0.2) is 11.2 Å². The highest BCUT2D eigenvalue weighted by atomic mass is 32.1. The van der Waals surface area contributed by atoms with E-state index in [9.17, 15) is 9.59 Å². The first-order chi connectivity index (χ1) is 10.3. The number of carbonyl (C=O) groups excluding carboxylic acids is 2. The lowest BCUT2D eigenvalue weighted by Crippen LogP contribution is -2.42. The molecular weight excluding hydrogens is 302 g/mol. The zero-order valence-corrected chi connectivity index (χ0v) is 14.4. The third-order valence-corrected chi connectivity index (χ3v) is 4.37. The van der Waals surface area contributed by atoms with Gasteiger partial charge in [-0.3, -0.25) is 9.79 Å². The molecule has 0 N–H and O–H groups in total. The minimum atomic E-state index is -0.464. The SMILES string of the molecule is Cn1cc(C=O)sc1=NC1CCN(C(=O)OC(C)(C)C)CC1. The van der Waals surface area contributed by atoms with Gasteiger partial charge in [-0.15, -0.1) is 0 Å². The molecule has 1 aliphatic heterocycles. The minimum absolute atomic E-state index is 0.183. The molecule has 0 atom stereocenters. The molecule has 0 aromatic carbocycles. The first kappa shape index (κ1) is 16.7. The summed E-state index contributed by atoms with van der Waals surface area (Å²) in [6.07, 6.45) is 4.00.